The van der Waals surface area contributed by atoms with Crippen LogP contribution in [0.4, 0.5) is 5.69 Å². The Morgan fingerprint density at radius 2 is 1.48 bits per heavy atom. The van der Waals surface area contributed by atoms with Gasteiger partial charge in [0.25, 0.3) is 0 Å². The number of anilines is 1. The number of carbonyl (C=O) groups is 2. The van der Waals surface area contributed by atoms with Gasteiger partial charge in [0.1, 0.15) is 0 Å². The van der Waals surface area contributed by atoms with Crippen LogP contribution in [0.25, 0.3) is 0 Å². The number of rotatable bonds is 5. The fraction of sp³-hybridized carbons (Fsp3) is 0.652. The molecular weight excluding hydrogens is 336 g/mol. The van der Waals surface area contributed by atoms with Gasteiger partial charge in [-0.1, -0.05) is 12.1 Å². The summed E-state index contributed by atoms with van der Waals surface area (Å²) >= 11 is 0. The first-order valence-electron chi connectivity index (χ1n) is 10.8. The fourth-order valence-electron chi connectivity index (χ4n) is 6.19. The summed E-state index contributed by atoms with van der Waals surface area (Å²) in [5, 5.41) is 6.26. The van der Waals surface area contributed by atoms with Gasteiger partial charge in [-0.3, -0.25) is 9.59 Å². The Bertz CT molecular complexity index is 709. The van der Waals surface area contributed by atoms with E-state index in [0.29, 0.717) is 11.8 Å². The largest absolute Gasteiger partial charge is 0.349 e. The summed E-state index contributed by atoms with van der Waals surface area (Å²) in [5.41, 5.74) is 1.94. The van der Waals surface area contributed by atoms with Crippen LogP contribution in [0.5, 0.6) is 0 Å². The minimum atomic E-state index is 0.00266. The van der Waals surface area contributed by atoms with E-state index in [1.165, 1.54) is 32.1 Å². The van der Waals surface area contributed by atoms with Crippen LogP contribution < -0.4 is 10.6 Å². The van der Waals surface area contributed by atoms with Crippen LogP contribution in [0.1, 0.15) is 63.5 Å². The number of hydrogen-bond donors (Lipinski definition) is 2. The molecule has 4 heteroatoms. The van der Waals surface area contributed by atoms with Gasteiger partial charge in [-0.05, 0) is 93.2 Å². The molecule has 2 amide bonds. The van der Waals surface area contributed by atoms with Crippen molar-refractivity contribution in [3.05, 3.63) is 29.8 Å². The van der Waals surface area contributed by atoms with Crippen molar-refractivity contribution >= 4 is 17.5 Å². The van der Waals surface area contributed by atoms with E-state index < -0.39 is 0 Å². The first-order chi connectivity index (χ1) is 13.1. The maximum atomic E-state index is 13.0. The van der Waals surface area contributed by atoms with Crippen molar-refractivity contribution in [1.82, 2.24) is 5.32 Å². The highest BCUT2D eigenvalue weighted by Crippen LogP contribution is 2.56. The van der Waals surface area contributed by atoms with E-state index in [1.54, 1.807) is 0 Å². The van der Waals surface area contributed by atoms with Gasteiger partial charge in [-0.25, -0.2) is 0 Å². The number of hydrogen-bond acceptors (Lipinski definition) is 2. The second-order valence-corrected chi connectivity index (χ2v) is 9.57. The summed E-state index contributed by atoms with van der Waals surface area (Å²) in [6.07, 6.45) is 8.53. The molecule has 0 aliphatic heterocycles. The molecule has 0 heterocycles. The van der Waals surface area contributed by atoms with E-state index in [9.17, 15) is 9.59 Å². The third-order valence-electron chi connectivity index (χ3n) is 7.51. The van der Waals surface area contributed by atoms with E-state index in [0.717, 1.165) is 35.9 Å². The van der Waals surface area contributed by atoms with Crippen LogP contribution in [0.2, 0.25) is 0 Å². The summed E-state index contributed by atoms with van der Waals surface area (Å²) in [7, 11) is 0. The van der Waals surface area contributed by atoms with E-state index in [1.807, 2.05) is 24.3 Å². The number of benzene rings is 1. The monoisotopic (exact) mass is 366 g/mol. The van der Waals surface area contributed by atoms with Crippen LogP contribution in [0.15, 0.2) is 24.3 Å². The average molecular weight is 367 g/mol. The van der Waals surface area contributed by atoms with Gasteiger partial charge in [0, 0.05) is 17.5 Å². The minimum absolute atomic E-state index is 0.00266. The van der Waals surface area contributed by atoms with Crippen molar-refractivity contribution in [2.75, 3.05) is 5.32 Å². The van der Waals surface area contributed by atoms with Gasteiger partial charge in [0.15, 0.2) is 0 Å². The molecule has 4 bridgehead atoms. The SMILES string of the molecule is CC(NC(=O)C1C2CC3CC(C2)CC1C3)c1ccc(NC(=O)C2CC2)cc1. The van der Waals surface area contributed by atoms with E-state index in [4.69, 9.17) is 0 Å². The molecule has 5 aliphatic rings. The van der Waals surface area contributed by atoms with Gasteiger partial charge in [0.2, 0.25) is 11.8 Å². The van der Waals surface area contributed by atoms with E-state index in [-0.39, 0.29) is 29.7 Å². The fourth-order valence-corrected chi connectivity index (χ4v) is 6.19. The molecule has 1 aromatic rings. The quantitative estimate of drug-likeness (QED) is 0.817. The molecule has 5 aliphatic carbocycles. The Labute approximate surface area is 161 Å². The molecule has 4 nitrogen and oxygen atoms in total. The van der Waals surface area contributed by atoms with Crippen molar-refractivity contribution < 1.29 is 9.59 Å². The van der Waals surface area contributed by atoms with Crippen molar-refractivity contribution in [3.8, 4) is 0 Å². The van der Waals surface area contributed by atoms with Gasteiger partial charge in [-0.15, -0.1) is 0 Å². The molecule has 2 N–H and O–H groups in total. The first kappa shape index (κ1) is 17.3. The molecule has 0 radical (unpaired) electrons. The molecule has 1 atom stereocenters. The number of nitrogens with one attached hydrogen (secondary N) is 2. The molecule has 27 heavy (non-hydrogen) atoms. The summed E-state index contributed by atoms with van der Waals surface area (Å²) in [4.78, 5) is 24.9. The lowest BCUT2D eigenvalue weighted by Gasteiger charge is -2.53. The Kier molecular flexibility index (Phi) is 4.25. The second-order valence-electron chi connectivity index (χ2n) is 9.57. The van der Waals surface area contributed by atoms with Crippen LogP contribution in [-0.2, 0) is 9.59 Å². The molecule has 0 spiro atoms. The van der Waals surface area contributed by atoms with Crippen molar-refractivity contribution in [2.45, 2.75) is 57.9 Å². The highest BCUT2D eigenvalue weighted by Gasteiger charge is 2.50. The summed E-state index contributed by atoms with van der Waals surface area (Å²) < 4.78 is 0. The van der Waals surface area contributed by atoms with Gasteiger partial charge >= 0.3 is 0 Å². The Morgan fingerprint density at radius 3 is 2.04 bits per heavy atom. The van der Waals surface area contributed by atoms with Crippen molar-refractivity contribution in [2.24, 2.45) is 35.5 Å². The smallest absolute Gasteiger partial charge is 0.227 e. The normalized spacial score (nSPS) is 34.9. The molecule has 5 fully saturated rings. The van der Waals surface area contributed by atoms with Crippen LogP contribution in [0.3, 0.4) is 0 Å². The Balaban J connectivity index is 1.20. The van der Waals surface area contributed by atoms with Crippen LogP contribution in [-0.4, -0.2) is 11.8 Å². The second kappa shape index (κ2) is 6.65. The predicted octanol–water partition coefficient (Wildman–Crippen LogP) is 4.28. The van der Waals surface area contributed by atoms with E-state index >= 15 is 0 Å². The summed E-state index contributed by atoms with van der Waals surface area (Å²) in [6, 6.07) is 7.93. The maximum Gasteiger partial charge on any atom is 0.227 e. The Hall–Kier alpha value is -1.84. The molecule has 1 aromatic carbocycles. The van der Waals surface area contributed by atoms with Crippen molar-refractivity contribution in [3.63, 3.8) is 0 Å². The third-order valence-corrected chi connectivity index (χ3v) is 7.51. The zero-order chi connectivity index (χ0) is 18.5. The molecule has 5 saturated carbocycles. The van der Waals surface area contributed by atoms with Crippen LogP contribution >= 0.6 is 0 Å². The van der Waals surface area contributed by atoms with Gasteiger partial charge in [0.05, 0.1) is 6.04 Å². The molecular formula is C23H30N2O2. The lowest BCUT2D eigenvalue weighted by atomic mass is 9.51. The lowest BCUT2D eigenvalue weighted by molar-refractivity contribution is -0.138. The third kappa shape index (κ3) is 3.39. The maximum absolute atomic E-state index is 13.0. The topological polar surface area (TPSA) is 58.2 Å². The van der Waals surface area contributed by atoms with Gasteiger partial charge in [-0.2, -0.15) is 0 Å². The summed E-state index contributed by atoms with van der Waals surface area (Å²) in [6.45, 7) is 2.06. The predicted molar refractivity (Wildman–Crippen MR) is 105 cm³/mol. The van der Waals surface area contributed by atoms with Crippen LogP contribution in [0, 0.1) is 35.5 Å². The molecule has 6 rings (SSSR count). The number of carbonyl (C=O) groups excluding carboxylic acids is 2. The van der Waals surface area contributed by atoms with Gasteiger partial charge < -0.3 is 10.6 Å². The van der Waals surface area contributed by atoms with E-state index in [2.05, 4.69) is 17.6 Å². The first-order valence-corrected chi connectivity index (χ1v) is 10.8. The molecule has 0 saturated heterocycles. The average Bonchev–Trinajstić information content (AvgIpc) is 3.46. The zero-order valence-corrected chi connectivity index (χ0v) is 16.1. The highest BCUT2D eigenvalue weighted by molar-refractivity contribution is 5.94. The molecule has 0 aromatic heterocycles. The molecule has 1 unspecified atom stereocenters. The van der Waals surface area contributed by atoms with Crippen molar-refractivity contribution in [1.29, 1.82) is 0 Å². The zero-order valence-electron chi connectivity index (χ0n) is 16.1. The summed E-state index contributed by atoms with van der Waals surface area (Å²) in [5.74, 6) is 3.87. The molecule has 144 valence electrons. The standard InChI is InChI=1S/C23H30N2O2/c1-13(16-4-6-20(7-5-16)25-22(26)17-2-3-17)24-23(27)21-18-9-14-8-15(11-18)12-19(21)10-14/h4-7,13-15,17-19,21H,2-3,8-12H2,1H3,(H,24,27)(H,25,26). The Morgan fingerprint density at radius 1 is 0.889 bits per heavy atom. The highest BCUT2D eigenvalue weighted by atomic mass is 16.2. The lowest BCUT2D eigenvalue weighted by Crippen LogP contribution is -2.51. The minimum Gasteiger partial charge on any atom is -0.349 e. The number of amides is 2.